The van der Waals surface area contributed by atoms with Crippen LogP contribution in [-0.4, -0.2) is 48.0 Å². The van der Waals surface area contributed by atoms with Crippen LogP contribution < -0.4 is 29.0 Å². The number of furan rings is 1. The predicted molar refractivity (Wildman–Crippen MR) is 135 cm³/mol. The molecule has 3 aromatic heterocycles. The number of rotatable bonds is 10. The van der Waals surface area contributed by atoms with Crippen molar-refractivity contribution in [3.05, 3.63) is 66.4 Å². The van der Waals surface area contributed by atoms with Gasteiger partial charge in [-0.3, -0.25) is 0 Å². The van der Waals surface area contributed by atoms with Gasteiger partial charge >= 0.3 is 0 Å². The maximum atomic E-state index is 6.06. The SMILES string of the molecule is COc1ccc(CNc2nc(Oc3ccc(OC)c(OC)c3)cc3nc(-c4ccco4)nn23)cc1OC. The van der Waals surface area contributed by atoms with Crippen LogP contribution >= 0.6 is 0 Å². The van der Waals surface area contributed by atoms with E-state index in [1.807, 2.05) is 18.2 Å². The van der Waals surface area contributed by atoms with Gasteiger partial charge in [0.2, 0.25) is 17.7 Å². The van der Waals surface area contributed by atoms with Crippen LogP contribution in [0.5, 0.6) is 34.6 Å². The molecule has 0 aliphatic carbocycles. The number of aromatic nitrogens is 4. The van der Waals surface area contributed by atoms with Gasteiger partial charge in [-0.2, -0.15) is 9.50 Å². The Bertz CT molecular complexity index is 1520. The van der Waals surface area contributed by atoms with E-state index in [1.54, 1.807) is 75.6 Å². The summed E-state index contributed by atoms with van der Waals surface area (Å²) in [7, 11) is 6.34. The zero-order valence-electron chi connectivity index (χ0n) is 20.7. The maximum Gasteiger partial charge on any atom is 0.229 e. The highest BCUT2D eigenvalue weighted by Crippen LogP contribution is 2.33. The van der Waals surface area contributed by atoms with Gasteiger partial charge in [-0.25, -0.2) is 4.98 Å². The molecule has 0 saturated heterocycles. The highest BCUT2D eigenvalue weighted by atomic mass is 16.5. The number of ether oxygens (including phenoxy) is 5. The van der Waals surface area contributed by atoms with Crippen molar-refractivity contribution in [3.8, 4) is 46.2 Å². The molecule has 0 saturated carbocycles. The van der Waals surface area contributed by atoms with Crippen LogP contribution in [0.15, 0.2) is 65.3 Å². The molecule has 2 aromatic carbocycles. The second-order valence-electron chi connectivity index (χ2n) is 7.76. The van der Waals surface area contributed by atoms with Crippen molar-refractivity contribution in [2.45, 2.75) is 6.54 Å². The van der Waals surface area contributed by atoms with E-state index in [-0.39, 0.29) is 0 Å². The lowest BCUT2D eigenvalue weighted by Gasteiger charge is -2.13. The topological polar surface area (TPSA) is 114 Å². The standard InChI is InChI=1S/C26H25N5O6/c1-32-18-9-7-16(12-21(18)34-3)15-27-26-29-24(37-17-8-10-19(33-2)22(13-17)35-4)14-23-28-25(30-31(23)26)20-6-5-11-36-20/h5-14H,15H2,1-4H3,(H,27,29). The van der Waals surface area contributed by atoms with Gasteiger partial charge in [-0.15, -0.1) is 5.10 Å². The summed E-state index contributed by atoms with van der Waals surface area (Å²) in [5.74, 6) is 4.63. The summed E-state index contributed by atoms with van der Waals surface area (Å²) in [6.07, 6.45) is 1.57. The van der Waals surface area contributed by atoms with E-state index in [1.165, 1.54) is 0 Å². The van der Waals surface area contributed by atoms with Crippen LogP contribution in [0.4, 0.5) is 5.95 Å². The Morgan fingerprint density at radius 3 is 2.24 bits per heavy atom. The third-order valence-electron chi connectivity index (χ3n) is 5.52. The van der Waals surface area contributed by atoms with Crippen molar-refractivity contribution < 1.29 is 28.1 Å². The molecule has 37 heavy (non-hydrogen) atoms. The average molecular weight is 504 g/mol. The van der Waals surface area contributed by atoms with Crippen LogP contribution in [0, 0.1) is 0 Å². The summed E-state index contributed by atoms with van der Waals surface area (Å²) < 4.78 is 34.6. The number of nitrogens with one attached hydrogen (secondary N) is 1. The third kappa shape index (κ3) is 4.92. The van der Waals surface area contributed by atoms with Crippen LogP contribution in [0.1, 0.15) is 5.56 Å². The van der Waals surface area contributed by atoms with Crippen molar-refractivity contribution in [3.63, 3.8) is 0 Å². The van der Waals surface area contributed by atoms with Crippen LogP contribution in [0.2, 0.25) is 0 Å². The fourth-order valence-corrected chi connectivity index (χ4v) is 3.72. The number of nitrogens with zero attached hydrogens (tertiary/aromatic N) is 4. The average Bonchev–Trinajstić information content (AvgIpc) is 3.62. The van der Waals surface area contributed by atoms with Crippen LogP contribution in [0.3, 0.4) is 0 Å². The Hall–Kier alpha value is -4.93. The van der Waals surface area contributed by atoms with Gasteiger partial charge in [-0.05, 0) is 42.0 Å². The molecule has 1 N–H and O–H groups in total. The quantitative estimate of drug-likeness (QED) is 0.284. The smallest absolute Gasteiger partial charge is 0.229 e. The highest BCUT2D eigenvalue weighted by Gasteiger charge is 2.16. The van der Waals surface area contributed by atoms with E-state index in [0.717, 1.165) is 5.56 Å². The summed E-state index contributed by atoms with van der Waals surface area (Å²) in [5.41, 5.74) is 1.47. The van der Waals surface area contributed by atoms with Gasteiger partial charge in [0.25, 0.3) is 0 Å². The molecular weight excluding hydrogens is 478 g/mol. The number of anilines is 1. The first-order valence-electron chi connectivity index (χ1n) is 11.3. The Kier molecular flexibility index (Phi) is 6.66. The fourth-order valence-electron chi connectivity index (χ4n) is 3.72. The molecule has 5 rings (SSSR count). The molecule has 5 aromatic rings. The molecule has 0 unspecified atom stereocenters. The Labute approximate surface area is 212 Å². The molecule has 0 spiro atoms. The van der Waals surface area contributed by atoms with Crippen LogP contribution in [0.25, 0.3) is 17.2 Å². The molecule has 0 atom stereocenters. The summed E-state index contributed by atoms with van der Waals surface area (Å²) in [6, 6.07) is 16.2. The Morgan fingerprint density at radius 2 is 1.54 bits per heavy atom. The first-order chi connectivity index (χ1) is 18.1. The minimum atomic E-state index is 0.313. The monoisotopic (exact) mass is 503 g/mol. The van der Waals surface area contributed by atoms with Crippen molar-refractivity contribution >= 4 is 11.6 Å². The number of hydrogen-bond donors (Lipinski definition) is 1. The molecule has 11 nitrogen and oxygen atoms in total. The largest absolute Gasteiger partial charge is 0.493 e. The van der Waals surface area contributed by atoms with E-state index in [0.29, 0.717) is 64.4 Å². The molecule has 0 bridgehead atoms. The van der Waals surface area contributed by atoms with Gasteiger partial charge in [0, 0.05) is 18.7 Å². The maximum absolute atomic E-state index is 6.06. The summed E-state index contributed by atoms with van der Waals surface area (Å²) in [4.78, 5) is 9.25. The van der Waals surface area contributed by atoms with Gasteiger partial charge in [0.1, 0.15) is 5.75 Å². The molecule has 0 aliphatic heterocycles. The highest BCUT2D eigenvalue weighted by molar-refractivity contribution is 5.57. The molecule has 0 fully saturated rings. The molecule has 0 radical (unpaired) electrons. The summed E-state index contributed by atoms with van der Waals surface area (Å²) in [5, 5.41) is 7.89. The van der Waals surface area contributed by atoms with Crippen LogP contribution in [-0.2, 0) is 6.54 Å². The zero-order chi connectivity index (χ0) is 25.8. The minimum Gasteiger partial charge on any atom is -0.493 e. The van der Waals surface area contributed by atoms with Gasteiger partial charge in [0.15, 0.2) is 34.4 Å². The number of methoxy groups -OCH3 is 4. The summed E-state index contributed by atoms with van der Waals surface area (Å²) in [6.45, 7) is 0.429. The molecule has 3 heterocycles. The molecule has 190 valence electrons. The molecular formula is C26H25N5O6. The van der Waals surface area contributed by atoms with Gasteiger partial charge in [-0.1, -0.05) is 6.07 Å². The third-order valence-corrected chi connectivity index (χ3v) is 5.52. The molecule has 0 amide bonds. The minimum absolute atomic E-state index is 0.313. The first kappa shape index (κ1) is 23.8. The number of hydrogen-bond acceptors (Lipinski definition) is 10. The summed E-state index contributed by atoms with van der Waals surface area (Å²) >= 11 is 0. The predicted octanol–water partition coefficient (Wildman–Crippen LogP) is 4.82. The number of benzene rings is 2. The zero-order valence-corrected chi connectivity index (χ0v) is 20.7. The van der Waals surface area contributed by atoms with Crippen molar-refractivity contribution in [2.24, 2.45) is 0 Å². The van der Waals surface area contributed by atoms with E-state index in [9.17, 15) is 0 Å². The van der Waals surface area contributed by atoms with E-state index < -0.39 is 0 Å². The van der Waals surface area contributed by atoms with Gasteiger partial charge < -0.3 is 33.4 Å². The molecule has 0 aliphatic rings. The fraction of sp³-hybridized carbons (Fsp3) is 0.192. The lowest BCUT2D eigenvalue weighted by Crippen LogP contribution is -2.08. The van der Waals surface area contributed by atoms with Crippen molar-refractivity contribution in [2.75, 3.05) is 33.8 Å². The van der Waals surface area contributed by atoms with Crippen molar-refractivity contribution in [1.29, 1.82) is 0 Å². The number of fused-ring (bicyclic) bond motifs is 1. The second kappa shape index (κ2) is 10.4. The second-order valence-corrected chi connectivity index (χ2v) is 7.76. The Balaban J connectivity index is 1.49. The first-order valence-corrected chi connectivity index (χ1v) is 11.3. The lowest BCUT2D eigenvalue weighted by atomic mass is 10.2. The van der Waals surface area contributed by atoms with E-state index in [2.05, 4.69) is 20.4 Å². The van der Waals surface area contributed by atoms with Gasteiger partial charge in [0.05, 0.1) is 34.7 Å². The molecule has 11 heteroatoms. The van der Waals surface area contributed by atoms with E-state index in [4.69, 9.17) is 28.1 Å². The van der Waals surface area contributed by atoms with Crippen molar-refractivity contribution in [1.82, 2.24) is 19.6 Å². The Morgan fingerprint density at radius 1 is 0.811 bits per heavy atom. The van der Waals surface area contributed by atoms with E-state index >= 15 is 0 Å². The lowest BCUT2D eigenvalue weighted by molar-refractivity contribution is 0.351. The normalized spacial score (nSPS) is 10.8.